The summed E-state index contributed by atoms with van der Waals surface area (Å²) in [5.41, 5.74) is 9.30. The summed E-state index contributed by atoms with van der Waals surface area (Å²) in [6.07, 6.45) is 6.35. The van der Waals surface area contributed by atoms with Gasteiger partial charge in [0.2, 0.25) is 18.2 Å². The van der Waals surface area contributed by atoms with Crippen molar-refractivity contribution in [2.45, 2.75) is 118 Å². The summed E-state index contributed by atoms with van der Waals surface area (Å²) in [5, 5.41) is 11.2. The number of nitrogens with one attached hydrogen (secondary N) is 1. The number of primary amides is 2. The number of carbonyl (C=O) groups is 3. The minimum atomic E-state index is -0.912. The Kier molecular flexibility index (Phi) is 18.6. The fourth-order valence-corrected chi connectivity index (χ4v) is 6.91. The third-order valence-corrected chi connectivity index (χ3v) is 7.73. The van der Waals surface area contributed by atoms with Crippen LogP contribution in [0.15, 0.2) is 15.0 Å². The van der Waals surface area contributed by atoms with Gasteiger partial charge in [-0.05, 0) is 74.0 Å². The number of rotatable bonds is 11. The molecule has 0 radical (unpaired) electrons. The van der Waals surface area contributed by atoms with Crippen molar-refractivity contribution in [2.24, 2.45) is 48.1 Å². The Hall–Kier alpha value is -4.09. The second kappa shape index (κ2) is 20.3. The topological polar surface area (TPSA) is 251 Å². The van der Waals surface area contributed by atoms with Gasteiger partial charge in [-0.3, -0.25) is 0 Å². The maximum atomic E-state index is 11.9. The van der Waals surface area contributed by atoms with Crippen LogP contribution in [0.3, 0.4) is 0 Å². The van der Waals surface area contributed by atoms with Crippen LogP contribution in [0.2, 0.25) is 0 Å². The van der Waals surface area contributed by atoms with Crippen molar-refractivity contribution in [3.8, 4) is 0 Å². The van der Waals surface area contributed by atoms with E-state index in [4.69, 9.17) is 15.6 Å². The summed E-state index contributed by atoms with van der Waals surface area (Å²) in [6, 6.07) is -0.0786. The van der Waals surface area contributed by atoms with Crippen molar-refractivity contribution in [1.29, 1.82) is 0 Å². The normalized spacial score (nSPS) is 26.2. The summed E-state index contributed by atoms with van der Waals surface area (Å²) in [5.74, 6) is 0. The van der Waals surface area contributed by atoms with Crippen LogP contribution in [0, 0.1) is 21.7 Å². The van der Waals surface area contributed by atoms with Gasteiger partial charge in [0.25, 0.3) is 0 Å². The van der Waals surface area contributed by atoms with Crippen molar-refractivity contribution in [1.82, 2.24) is 5.32 Å². The molecular weight excluding hydrogens is 628 g/mol. The highest BCUT2D eigenvalue weighted by molar-refractivity contribution is 5.67. The molecule has 6 N–H and O–H groups in total. The summed E-state index contributed by atoms with van der Waals surface area (Å²) >= 11 is 0. The minimum absolute atomic E-state index is 0.00750. The summed E-state index contributed by atoms with van der Waals surface area (Å²) in [7, 11) is 0. The molecule has 16 nitrogen and oxygen atoms in total. The summed E-state index contributed by atoms with van der Waals surface area (Å²) < 4.78 is 13.9. The van der Waals surface area contributed by atoms with E-state index < -0.39 is 30.5 Å². The molecule has 0 heterocycles. The summed E-state index contributed by atoms with van der Waals surface area (Å²) in [6.45, 7) is 16.5. The van der Waals surface area contributed by atoms with Gasteiger partial charge in [0.15, 0.2) is 0 Å². The Bertz CT molecular complexity index is 1210. The van der Waals surface area contributed by atoms with Crippen molar-refractivity contribution in [3.05, 3.63) is 0 Å². The first-order valence-electron chi connectivity index (χ1n) is 15.7. The number of amides is 3. The van der Waals surface area contributed by atoms with Gasteiger partial charge < -0.3 is 36.1 Å². The van der Waals surface area contributed by atoms with E-state index in [0.717, 1.165) is 32.1 Å². The number of aliphatic hydroxyl groups is 1. The van der Waals surface area contributed by atoms with Crippen LogP contribution in [0.5, 0.6) is 0 Å². The second-order valence-electron chi connectivity index (χ2n) is 15.0. The molecule has 0 aromatic carbocycles. The number of alkyl carbamates (subject to hydrolysis) is 1. The van der Waals surface area contributed by atoms with E-state index in [2.05, 4.69) is 77.0 Å². The standard InChI is InChI=1S/C16H27N3O5.C12H18N2O2.C4H9NO3/c1-11(7-23-13(17)21)24-14(22)18-9-16(4)6-12(19-10-20)5-15(2,3)8-16;1-11(2)4-10(14-9-16)5-12(3,6-11)7-13-8-15;1-3(6)2-8-4(5)7/h11-12H,5-9H2,1-4H3,(H2,17,21)(H,18,22);10H,4-7H2,1-3H3;3,6H,2H2,1H3,(H2,5,7). The highest BCUT2D eigenvalue weighted by Crippen LogP contribution is 2.48. The molecule has 0 aliphatic heterocycles. The van der Waals surface area contributed by atoms with Gasteiger partial charge in [0, 0.05) is 6.54 Å². The molecule has 16 heteroatoms. The van der Waals surface area contributed by atoms with Crippen molar-refractivity contribution >= 4 is 36.5 Å². The lowest BCUT2D eigenvalue weighted by atomic mass is 9.63. The van der Waals surface area contributed by atoms with Crippen LogP contribution < -0.4 is 16.8 Å². The molecule has 2 fully saturated rings. The van der Waals surface area contributed by atoms with E-state index in [1.165, 1.54) is 6.92 Å². The number of aliphatic imine (C=N–C) groups is 3. The molecule has 3 amide bonds. The van der Waals surface area contributed by atoms with Gasteiger partial charge in [-0.1, -0.05) is 41.5 Å². The smallest absolute Gasteiger partial charge is 0.407 e. The maximum Gasteiger partial charge on any atom is 0.407 e. The Morgan fingerprint density at radius 1 is 0.792 bits per heavy atom. The first-order valence-corrected chi connectivity index (χ1v) is 15.7. The molecule has 6 unspecified atom stereocenters. The number of isocyanates is 3. The first kappa shape index (κ1) is 43.9. The fraction of sp³-hybridized carbons (Fsp3) is 0.812. The van der Waals surface area contributed by atoms with E-state index in [-0.39, 0.29) is 47.0 Å². The average molecular weight is 683 g/mol. The van der Waals surface area contributed by atoms with Crippen molar-refractivity contribution < 1.29 is 48.1 Å². The molecule has 0 saturated heterocycles. The highest BCUT2D eigenvalue weighted by atomic mass is 16.6. The molecule has 0 bridgehead atoms. The van der Waals surface area contributed by atoms with Gasteiger partial charge in [-0.2, -0.15) is 0 Å². The van der Waals surface area contributed by atoms with Crippen LogP contribution in [0.4, 0.5) is 14.4 Å². The van der Waals surface area contributed by atoms with Crippen molar-refractivity contribution in [3.63, 3.8) is 0 Å². The molecule has 0 aromatic rings. The predicted molar refractivity (Wildman–Crippen MR) is 175 cm³/mol. The number of hydrogen-bond donors (Lipinski definition) is 4. The van der Waals surface area contributed by atoms with Crippen molar-refractivity contribution in [2.75, 3.05) is 26.3 Å². The van der Waals surface area contributed by atoms with E-state index in [1.807, 2.05) is 0 Å². The lowest BCUT2D eigenvalue weighted by Crippen LogP contribution is -2.45. The Labute approximate surface area is 282 Å². The zero-order valence-corrected chi connectivity index (χ0v) is 29.5. The molecule has 0 spiro atoms. The molecule has 272 valence electrons. The number of hydrogen-bond acceptors (Lipinski definition) is 13. The van der Waals surface area contributed by atoms with Gasteiger partial charge in [-0.15, -0.1) is 0 Å². The molecule has 0 aromatic heterocycles. The lowest BCUT2D eigenvalue weighted by molar-refractivity contribution is 0.0477. The monoisotopic (exact) mass is 682 g/mol. The zero-order valence-electron chi connectivity index (χ0n) is 29.5. The molecule has 2 aliphatic carbocycles. The quantitative estimate of drug-likeness (QED) is 0.139. The number of nitrogens with two attached hydrogens (primary N) is 2. The Balaban J connectivity index is 0.000000787. The second-order valence-corrected chi connectivity index (χ2v) is 15.0. The Morgan fingerprint density at radius 3 is 1.67 bits per heavy atom. The zero-order chi connectivity index (χ0) is 37.2. The number of ether oxygens (including phenoxy) is 3. The van der Waals surface area contributed by atoms with Crippen LogP contribution in [0.25, 0.3) is 0 Å². The SMILES string of the molecule is CC(COC(N)=O)OC(=O)NCC1(C)CC(N=C=O)CC(C)(C)C1.CC(O)COC(N)=O.CC1(C)CC(N=C=O)CC(C)(CN=C=O)C1. The van der Waals surface area contributed by atoms with Crippen LogP contribution in [-0.2, 0) is 28.6 Å². The first-order chi connectivity index (χ1) is 22.1. The predicted octanol–water partition coefficient (Wildman–Crippen LogP) is 3.82. The van der Waals surface area contributed by atoms with Gasteiger partial charge >= 0.3 is 18.3 Å². The fourth-order valence-electron chi connectivity index (χ4n) is 6.91. The number of carbonyl (C=O) groups excluding carboxylic acids is 6. The largest absolute Gasteiger partial charge is 0.447 e. The number of nitrogens with zero attached hydrogens (tertiary/aromatic N) is 3. The van der Waals surface area contributed by atoms with E-state index in [0.29, 0.717) is 19.5 Å². The van der Waals surface area contributed by atoms with Gasteiger partial charge in [0.1, 0.15) is 19.3 Å². The van der Waals surface area contributed by atoms with Crippen LogP contribution in [0.1, 0.15) is 93.9 Å². The number of aliphatic hydroxyl groups excluding tert-OH is 1. The third kappa shape index (κ3) is 20.2. The van der Waals surface area contributed by atoms with E-state index in [9.17, 15) is 28.8 Å². The minimum Gasteiger partial charge on any atom is -0.447 e. The van der Waals surface area contributed by atoms with E-state index in [1.54, 1.807) is 25.2 Å². The molecule has 2 rings (SSSR count). The van der Waals surface area contributed by atoms with Gasteiger partial charge in [-0.25, -0.2) is 43.7 Å². The van der Waals surface area contributed by atoms with Crippen LogP contribution in [-0.4, -0.2) is 92.2 Å². The van der Waals surface area contributed by atoms with Crippen LogP contribution >= 0.6 is 0 Å². The molecular formula is C32H54N6O10. The average Bonchev–Trinajstić information content (AvgIpc) is 2.92. The Morgan fingerprint density at radius 2 is 1.25 bits per heavy atom. The summed E-state index contributed by atoms with van der Waals surface area (Å²) in [4.78, 5) is 74.6. The maximum absolute atomic E-state index is 11.9. The molecule has 2 aliphatic rings. The molecule has 48 heavy (non-hydrogen) atoms. The molecule has 6 atom stereocenters. The molecule has 2 saturated carbocycles. The van der Waals surface area contributed by atoms with Gasteiger partial charge in [0.05, 0.1) is 24.7 Å². The highest BCUT2D eigenvalue weighted by Gasteiger charge is 2.42. The van der Waals surface area contributed by atoms with E-state index >= 15 is 0 Å². The lowest BCUT2D eigenvalue weighted by Gasteiger charge is -2.45. The third-order valence-electron chi connectivity index (χ3n) is 7.73.